The van der Waals surface area contributed by atoms with Crippen LogP contribution in [0.3, 0.4) is 0 Å². The number of sulfonamides is 1. The molecule has 0 aliphatic carbocycles. The first-order chi connectivity index (χ1) is 11.8. The fraction of sp³-hybridized carbons (Fsp3) is 0.316. The number of para-hydroxylation sites is 1. The molecule has 134 valence electrons. The van der Waals surface area contributed by atoms with Crippen molar-refractivity contribution in [2.45, 2.75) is 38.4 Å². The molecule has 0 atom stereocenters. The number of benzene rings is 2. The summed E-state index contributed by atoms with van der Waals surface area (Å²) in [5.41, 5.74) is 2.91. The average Bonchev–Trinajstić information content (AvgIpc) is 2.56. The number of anilines is 1. The molecule has 6 heteroatoms. The molecular formula is C19H23NO4S. The zero-order valence-corrected chi connectivity index (χ0v) is 15.2. The summed E-state index contributed by atoms with van der Waals surface area (Å²) in [6.45, 7) is 3.29. The lowest BCUT2D eigenvalue weighted by Gasteiger charge is -2.14. The summed E-state index contributed by atoms with van der Waals surface area (Å²) in [5.74, 6) is -0.932. The van der Waals surface area contributed by atoms with E-state index in [1.807, 2.05) is 30.3 Å². The van der Waals surface area contributed by atoms with E-state index in [0.29, 0.717) is 5.69 Å². The van der Waals surface area contributed by atoms with Crippen molar-refractivity contribution in [1.82, 2.24) is 0 Å². The first kappa shape index (κ1) is 19.0. The molecule has 0 unspecified atom stereocenters. The summed E-state index contributed by atoms with van der Waals surface area (Å²) in [7, 11) is -3.37. The van der Waals surface area contributed by atoms with Gasteiger partial charge in [0.25, 0.3) is 0 Å². The second-order valence-electron chi connectivity index (χ2n) is 6.21. The summed E-state index contributed by atoms with van der Waals surface area (Å²) in [6, 6.07) is 14.2. The highest BCUT2D eigenvalue weighted by molar-refractivity contribution is 7.93. The molecule has 0 aliphatic heterocycles. The molecule has 2 aromatic carbocycles. The van der Waals surface area contributed by atoms with Gasteiger partial charge in [-0.1, -0.05) is 30.3 Å². The lowest BCUT2D eigenvalue weighted by molar-refractivity contribution is 0.0697. The molecule has 2 N–H and O–H groups in total. The predicted molar refractivity (Wildman–Crippen MR) is 99.5 cm³/mol. The topological polar surface area (TPSA) is 83.5 Å². The quantitative estimate of drug-likeness (QED) is 0.751. The molecule has 0 saturated carbocycles. The minimum absolute atomic E-state index is 0.275. The summed E-state index contributed by atoms with van der Waals surface area (Å²) < 4.78 is 26.8. The van der Waals surface area contributed by atoms with Gasteiger partial charge in [-0.25, -0.2) is 13.2 Å². The highest BCUT2D eigenvalue weighted by atomic mass is 32.2. The zero-order valence-electron chi connectivity index (χ0n) is 14.4. The van der Waals surface area contributed by atoms with Crippen LogP contribution < -0.4 is 4.72 Å². The SMILES string of the molecule is CC(C)S(=O)(=O)Nc1ccccc1CCCc1ccc(C(=O)O)cc1. The van der Waals surface area contributed by atoms with Gasteiger partial charge in [0.05, 0.1) is 16.5 Å². The van der Waals surface area contributed by atoms with Gasteiger partial charge in [-0.05, 0) is 62.4 Å². The summed E-state index contributed by atoms with van der Waals surface area (Å²) >= 11 is 0. The van der Waals surface area contributed by atoms with Gasteiger partial charge in [-0.3, -0.25) is 4.72 Å². The van der Waals surface area contributed by atoms with Gasteiger partial charge in [0.15, 0.2) is 0 Å². The van der Waals surface area contributed by atoms with Crippen LogP contribution in [0.2, 0.25) is 0 Å². The Morgan fingerprint density at radius 3 is 2.28 bits per heavy atom. The van der Waals surface area contributed by atoms with Gasteiger partial charge in [0.1, 0.15) is 0 Å². The Bertz CT molecular complexity index is 827. The van der Waals surface area contributed by atoms with Gasteiger partial charge in [0.2, 0.25) is 10.0 Å². The number of aryl methyl sites for hydroxylation is 2. The third kappa shape index (κ3) is 5.32. The number of rotatable bonds is 8. The highest BCUT2D eigenvalue weighted by Gasteiger charge is 2.16. The maximum absolute atomic E-state index is 12.1. The minimum Gasteiger partial charge on any atom is -0.478 e. The molecule has 0 spiro atoms. The first-order valence-corrected chi connectivity index (χ1v) is 9.76. The van der Waals surface area contributed by atoms with Crippen molar-refractivity contribution in [3.05, 3.63) is 65.2 Å². The molecule has 0 amide bonds. The van der Waals surface area contributed by atoms with E-state index >= 15 is 0 Å². The van der Waals surface area contributed by atoms with Gasteiger partial charge in [-0.15, -0.1) is 0 Å². The Morgan fingerprint density at radius 1 is 1.04 bits per heavy atom. The van der Waals surface area contributed by atoms with Gasteiger partial charge in [-0.2, -0.15) is 0 Å². The molecule has 5 nitrogen and oxygen atoms in total. The fourth-order valence-electron chi connectivity index (χ4n) is 2.41. The molecular weight excluding hydrogens is 338 g/mol. The molecule has 2 aromatic rings. The van der Waals surface area contributed by atoms with E-state index in [2.05, 4.69) is 4.72 Å². The van der Waals surface area contributed by atoms with Crippen molar-refractivity contribution in [2.75, 3.05) is 4.72 Å². The maximum atomic E-state index is 12.1. The summed E-state index contributed by atoms with van der Waals surface area (Å²) in [6.07, 6.45) is 2.37. The van der Waals surface area contributed by atoms with Crippen LogP contribution in [-0.2, 0) is 22.9 Å². The number of nitrogens with one attached hydrogen (secondary N) is 1. The number of carbonyl (C=O) groups is 1. The highest BCUT2D eigenvalue weighted by Crippen LogP contribution is 2.20. The van der Waals surface area contributed by atoms with Crippen LogP contribution in [0.4, 0.5) is 5.69 Å². The Labute approximate surface area is 148 Å². The van der Waals surface area contributed by atoms with Crippen molar-refractivity contribution in [2.24, 2.45) is 0 Å². The Morgan fingerprint density at radius 2 is 1.68 bits per heavy atom. The largest absolute Gasteiger partial charge is 0.478 e. The predicted octanol–water partition coefficient (Wildman–Crippen LogP) is 3.71. The average molecular weight is 361 g/mol. The first-order valence-electron chi connectivity index (χ1n) is 8.21. The molecule has 0 aliphatic rings. The Kier molecular flexibility index (Phi) is 6.20. The maximum Gasteiger partial charge on any atom is 0.335 e. The van der Waals surface area contributed by atoms with E-state index < -0.39 is 21.2 Å². The van der Waals surface area contributed by atoms with Gasteiger partial charge >= 0.3 is 5.97 Å². The molecule has 0 bridgehead atoms. The summed E-state index contributed by atoms with van der Waals surface area (Å²) in [4.78, 5) is 10.9. The van der Waals surface area contributed by atoms with Crippen LogP contribution in [-0.4, -0.2) is 24.7 Å². The fourth-order valence-corrected chi connectivity index (χ4v) is 3.15. The number of hydrogen-bond donors (Lipinski definition) is 2. The van der Waals surface area contributed by atoms with Gasteiger partial charge in [0, 0.05) is 0 Å². The minimum atomic E-state index is -3.37. The van der Waals surface area contributed by atoms with E-state index in [-0.39, 0.29) is 5.56 Å². The van der Waals surface area contributed by atoms with Crippen LogP contribution in [0.25, 0.3) is 0 Å². The second-order valence-corrected chi connectivity index (χ2v) is 8.45. The number of hydrogen-bond acceptors (Lipinski definition) is 3. The standard InChI is InChI=1S/C19H23NO4S/c1-14(2)25(23,24)20-18-9-4-3-7-16(18)8-5-6-15-10-12-17(13-11-15)19(21)22/h3-4,7,9-14,20H,5-6,8H2,1-2H3,(H,21,22). The Balaban J connectivity index is 2.00. The Hall–Kier alpha value is -2.34. The van der Waals surface area contributed by atoms with E-state index in [0.717, 1.165) is 30.4 Å². The normalized spacial score (nSPS) is 11.5. The summed E-state index contributed by atoms with van der Waals surface area (Å²) in [5, 5.41) is 8.41. The van der Waals surface area contributed by atoms with E-state index in [9.17, 15) is 13.2 Å². The second kappa shape index (κ2) is 8.16. The van der Waals surface area contributed by atoms with Crippen molar-refractivity contribution in [3.63, 3.8) is 0 Å². The van der Waals surface area contributed by atoms with Crippen LogP contribution >= 0.6 is 0 Å². The van der Waals surface area contributed by atoms with E-state index in [4.69, 9.17) is 5.11 Å². The number of carboxylic acid groups (broad SMARTS) is 1. The zero-order chi connectivity index (χ0) is 18.4. The van der Waals surface area contributed by atoms with Crippen molar-refractivity contribution in [3.8, 4) is 0 Å². The van der Waals surface area contributed by atoms with Crippen LogP contribution in [0.5, 0.6) is 0 Å². The van der Waals surface area contributed by atoms with Crippen LogP contribution in [0.1, 0.15) is 41.8 Å². The molecule has 0 heterocycles. The number of aromatic carboxylic acids is 1. The lowest BCUT2D eigenvalue weighted by atomic mass is 10.0. The van der Waals surface area contributed by atoms with Crippen molar-refractivity contribution < 1.29 is 18.3 Å². The smallest absolute Gasteiger partial charge is 0.335 e. The molecule has 0 aromatic heterocycles. The third-order valence-corrected chi connectivity index (χ3v) is 5.75. The lowest BCUT2D eigenvalue weighted by Crippen LogP contribution is -2.23. The molecule has 0 radical (unpaired) electrons. The molecule has 0 fully saturated rings. The van der Waals surface area contributed by atoms with Crippen LogP contribution in [0.15, 0.2) is 48.5 Å². The molecule has 0 saturated heterocycles. The van der Waals surface area contributed by atoms with E-state index in [1.54, 1.807) is 32.0 Å². The van der Waals surface area contributed by atoms with Crippen LogP contribution in [0, 0.1) is 0 Å². The van der Waals surface area contributed by atoms with Gasteiger partial charge < -0.3 is 5.11 Å². The third-order valence-electron chi connectivity index (χ3n) is 4.00. The molecule has 2 rings (SSSR count). The molecule has 25 heavy (non-hydrogen) atoms. The van der Waals surface area contributed by atoms with Crippen molar-refractivity contribution >= 4 is 21.7 Å². The monoisotopic (exact) mass is 361 g/mol. The number of carboxylic acids is 1. The van der Waals surface area contributed by atoms with E-state index in [1.165, 1.54) is 0 Å². The van der Waals surface area contributed by atoms with Crippen molar-refractivity contribution in [1.29, 1.82) is 0 Å².